The Hall–Kier alpha value is -1.79. The molecule has 3 heteroatoms. The van der Waals surface area contributed by atoms with Crippen molar-refractivity contribution in [2.24, 2.45) is 5.41 Å². The Labute approximate surface area is 121 Å². The molecule has 1 rings (SSSR count). The van der Waals surface area contributed by atoms with E-state index in [1.807, 2.05) is 25.1 Å². The first-order valence-electron chi connectivity index (χ1n) is 6.88. The van der Waals surface area contributed by atoms with Gasteiger partial charge in [0.15, 0.2) is 0 Å². The average molecular weight is 273 g/mol. The second-order valence-electron chi connectivity index (χ2n) is 5.71. The Morgan fingerprint density at radius 1 is 1.40 bits per heavy atom. The van der Waals surface area contributed by atoms with Gasteiger partial charge in [0, 0.05) is 12.1 Å². The lowest BCUT2D eigenvalue weighted by molar-refractivity contribution is 0.0935. The van der Waals surface area contributed by atoms with Crippen molar-refractivity contribution in [2.45, 2.75) is 34.1 Å². The molecule has 0 aliphatic carbocycles. The Morgan fingerprint density at radius 3 is 2.70 bits per heavy atom. The van der Waals surface area contributed by atoms with Crippen LogP contribution in [0.4, 0.5) is 0 Å². The molecule has 0 aliphatic heterocycles. The van der Waals surface area contributed by atoms with Crippen LogP contribution in [-0.2, 0) is 0 Å². The lowest BCUT2D eigenvalue weighted by Gasteiger charge is -2.23. The molecular formula is C17H23NO2. The predicted octanol–water partition coefficient (Wildman–Crippen LogP) is 2.50. The van der Waals surface area contributed by atoms with Gasteiger partial charge in [-0.15, -0.1) is 0 Å². The van der Waals surface area contributed by atoms with Crippen LogP contribution in [0.5, 0.6) is 0 Å². The summed E-state index contributed by atoms with van der Waals surface area (Å²) in [4.78, 5) is 12.3. The SMILES string of the molecule is CCC(C)(C)CNC(=O)c1cc(C)ccc1C#CCO. The first-order chi connectivity index (χ1) is 9.39. The molecule has 0 radical (unpaired) electrons. The maximum Gasteiger partial charge on any atom is 0.252 e. The third kappa shape index (κ3) is 4.71. The summed E-state index contributed by atoms with van der Waals surface area (Å²) in [6.45, 7) is 8.71. The van der Waals surface area contributed by atoms with Crippen LogP contribution in [0.25, 0.3) is 0 Å². The zero-order chi connectivity index (χ0) is 15.2. The summed E-state index contributed by atoms with van der Waals surface area (Å²) in [5.74, 6) is 5.30. The quantitative estimate of drug-likeness (QED) is 0.828. The third-order valence-corrected chi connectivity index (χ3v) is 3.41. The number of hydrogen-bond donors (Lipinski definition) is 2. The molecule has 2 N–H and O–H groups in total. The number of carbonyl (C=O) groups excluding carboxylic acids is 1. The minimum absolute atomic E-state index is 0.0798. The lowest BCUT2D eigenvalue weighted by Crippen LogP contribution is -2.34. The molecule has 0 spiro atoms. The van der Waals surface area contributed by atoms with Crippen LogP contribution < -0.4 is 5.32 Å². The highest BCUT2D eigenvalue weighted by Gasteiger charge is 2.18. The normalized spacial score (nSPS) is 10.7. The predicted molar refractivity (Wildman–Crippen MR) is 81.5 cm³/mol. The fraction of sp³-hybridized carbons (Fsp3) is 0.471. The number of aliphatic hydroxyl groups excluding tert-OH is 1. The van der Waals surface area contributed by atoms with Crippen molar-refractivity contribution in [2.75, 3.05) is 13.2 Å². The zero-order valence-electron chi connectivity index (χ0n) is 12.7. The number of hydrogen-bond acceptors (Lipinski definition) is 2. The maximum atomic E-state index is 12.3. The molecule has 0 saturated heterocycles. The van der Waals surface area contributed by atoms with E-state index < -0.39 is 0 Å². The number of aliphatic hydroxyl groups is 1. The topological polar surface area (TPSA) is 49.3 Å². The number of nitrogens with one attached hydrogen (secondary N) is 1. The van der Waals surface area contributed by atoms with Crippen LogP contribution in [0.2, 0.25) is 0 Å². The molecule has 1 aromatic carbocycles. The molecule has 0 bridgehead atoms. The summed E-state index contributed by atoms with van der Waals surface area (Å²) in [6.07, 6.45) is 0.998. The second kappa shape index (κ2) is 7.12. The number of benzene rings is 1. The Balaban J connectivity index is 2.94. The van der Waals surface area contributed by atoms with Crippen molar-refractivity contribution in [1.82, 2.24) is 5.32 Å². The molecule has 1 aromatic rings. The van der Waals surface area contributed by atoms with Gasteiger partial charge in [-0.1, -0.05) is 44.2 Å². The summed E-state index contributed by atoms with van der Waals surface area (Å²) in [6, 6.07) is 5.56. The molecule has 20 heavy (non-hydrogen) atoms. The van der Waals surface area contributed by atoms with Gasteiger partial charge in [-0.05, 0) is 30.9 Å². The summed E-state index contributed by atoms with van der Waals surface area (Å²) in [7, 11) is 0. The maximum absolute atomic E-state index is 12.3. The van der Waals surface area contributed by atoms with Gasteiger partial charge in [-0.25, -0.2) is 0 Å². The second-order valence-corrected chi connectivity index (χ2v) is 5.71. The lowest BCUT2D eigenvalue weighted by atomic mass is 9.90. The largest absolute Gasteiger partial charge is 0.384 e. The summed E-state index contributed by atoms with van der Waals surface area (Å²) < 4.78 is 0. The molecule has 0 aliphatic rings. The van der Waals surface area contributed by atoms with Gasteiger partial charge in [-0.3, -0.25) is 4.79 Å². The molecule has 0 saturated carbocycles. The van der Waals surface area contributed by atoms with Crippen LogP contribution in [0.15, 0.2) is 18.2 Å². The average Bonchev–Trinajstić information content (AvgIpc) is 2.43. The van der Waals surface area contributed by atoms with E-state index in [0.29, 0.717) is 17.7 Å². The minimum Gasteiger partial charge on any atom is -0.384 e. The molecular weight excluding hydrogens is 250 g/mol. The van der Waals surface area contributed by atoms with Crippen molar-refractivity contribution in [3.63, 3.8) is 0 Å². The molecule has 0 unspecified atom stereocenters. The molecule has 0 fully saturated rings. The molecule has 0 aromatic heterocycles. The van der Waals surface area contributed by atoms with E-state index in [2.05, 4.69) is 37.9 Å². The van der Waals surface area contributed by atoms with E-state index in [1.54, 1.807) is 0 Å². The number of aryl methyl sites for hydroxylation is 1. The monoisotopic (exact) mass is 273 g/mol. The smallest absolute Gasteiger partial charge is 0.252 e. The number of amides is 1. The van der Waals surface area contributed by atoms with Crippen molar-refractivity contribution in [1.29, 1.82) is 0 Å². The summed E-state index contributed by atoms with van der Waals surface area (Å²) in [5.41, 5.74) is 2.31. The van der Waals surface area contributed by atoms with E-state index in [4.69, 9.17) is 5.11 Å². The minimum atomic E-state index is -0.211. The van der Waals surface area contributed by atoms with E-state index in [1.165, 1.54) is 0 Å². The van der Waals surface area contributed by atoms with E-state index in [0.717, 1.165) is 12.0 Å². The van der Waals surface area contributed by atoms with Gasteiger partial charge in [0.25, 0.3) is 5.91 Å². The van der Waals surface area contributed by atoms with Crippen molar-refractivity contribution in [3.05, 3.63) is 34.9 Å². The summed E-state index contributed by atoms with van der Waals surface area (Å²) in [5, 5.41) is 11.7. The third-order valence-electron chi connectivity index (χ3n) is 3.41. The molecule has 3 nitrogen and oxygen atoms in total. The molecule has 0 heterocycles. The van der Waals surface area contributed by atoms with E-state index in [-0.39, 0.29) is 17.9 Å². The molecule has 108 valence electrons. The van der Waals surface area contributed by atoms with Crippen LogP contribution in [0, 0.1) is 24.2 Å². The van der Waals surface area contributed by atoms with Gasteiger partial charge in [-0.2, -0.15) is 0 Å². The van der Waals surface area contributed by atoms with Crippen molar-refractivity contribution >= 4 is 5.91 Å². The Bertz CT molecular complexity index is 536. The van der Waals surface area contributed by atoms with Gasteiger partial charge in [0.1, 0.15) is 6.61 Å². The molecule has 1 amide bonds. The highest BCUT2D eigenvalue weighted by atomic mass is 16.2. The van der Waals surface area contributed by atoms with Gasteiger partial charge >= 0.3 is 0 Å². The van der Waals surface area contributed by atoms with E-state index >= 15 is 0 Å². The van der Waals surface area contributed by atoms with E-state index in [9.17, 15) is 4.79 Å². The van der Waals surface area contributed by atoms with Crippen molar-refractivity contribution in [3.8, 4) is 11.8 Å². The first kappa shape index (κ1) is 16.3. The van der Waals surface area contributed by atoms with Crippen LogP contribution in [-0.4, -0.2) is 24.2 Å². The standard InChI is InChI=1S/C17H23NO2/c1-5-17(3,4)12-18-16(20)15-11-13(2)8-9-14(15)7-6-10-19/h8-9,11,19H,5,10,12H2,1-4H3,(H,18,20). The van der Waals surface area contributed by atoms with Crippen molar-refractivity contribution < 1.29 is 9.90 Å². The van der Waals surface area contributed by atoms with Crippen LogP contribution in [0.3, 0.4) is 0 Å². The fourth-order valence-electron chi connectivity index (χ4n) is 1.63. The highest BCUT2D eigenvalue weighted by molar-refractivity contribution is 5.97. The first-order valence-corrected chi connectivity index (χ1v) is 6.88. The zero-order valence-corrected chi connectivity index (χ0v) is 12.7. The number of rotatable bonds is 4. The van der Waals surface area contributed by atoms with Gasteiger partial charge in [0.2, 0.25) is 0 Å². The summed E-state index contributed by atoms with van der Waals surface area (Å²) >= 11 is 0. The Morgan fingerprint density at radius 2 is 2.10 bits per heavy atom. The van der Waals surface area contributed by atoms with Gasteiger partial charge < -0.3 is 10.4 Å². The fourth-order valence-corrected chi connectivity index (χ4v) is 1.63. The Kier molecular flexibility index (Phi) is 5.79. The van der Waals surface area contributed by atoms with Gasteiger partial charge in [0.05, 0.1) is 5.56 Å². The van der Waals surface area contributed by atoms with Crippen LogP contribution >= 0.6 is 0 Å². The molecule has 0 atom stereocenters. The van der Waals surface area contributed by atoms with Crippen LogP contribution in [0.1, 0.15) is 48.7 Å². The number of carbonyl (C=O) groups is 1. The highest BCUT2D eigenvalue weighted by Crippen LogP contribution is 2.18.